The van der Waals surface area contributed by atoms with Gasteiger partial charge in [-0.2, -0.15) is 0 Å². The Morgan fingerprint density at radius 1 is 1.10 bits per heavy atom. The third kappa shape index (κ3) is 3.56. The van der Waals surface area contributed by atoms with Crippen LogP contribution in [0, 0.1) is 0 Å². The topological polar surface area (TPSA) is 12.0 Å². The SMILES string of the molecule is CCc1ccc(C(CC)Nc2cccc(Cl)c2Br)cc1. The molecule has 0 spiro atoms. The summed E-state index contributed by atoms with van der Waals surface area (Å²) in [5.74, 6) is 0. The first-order valence-corrected chi connectivity index (χ1v) is 8.12. The summed E-state index contributed by atoms with van der Waals surface area (Å²) < 4.78 is 0.922. The van der Waals surface area contributed by atoms with Crippen LogP contribution in [0.1, 0.15) is 37.4 Å². The number of rotatable bonds is 5. The van der Waals surface area contributed by atoms with Gasteiger partial charge < -0.3 is 5.32 Å². The van der Waals surface area contributed by atoms with Gasteiger partial charge in [0.05, 0.1) is 21.2 Å². The van der Waals surface area contributed by atoms with E-state index in [0.717, 1.165) is 28.0 Å². The standard InChI is InChI=1S/C17H19BrClN/c1-3-12-8-10-13(11-9-12)15(4-2)20-16-7-5-6-14(19)17(16)18/h5-11,15,20H,3-4H2,1-2H3. The maximum atomic E-state index is 6.14. The molecule has 0 amide bonds. The van der Waals surface area contributed by atoms with Gasteiger partial charge in [0.15, 0.2) is 0 Å². The molecule has 0 aliphatic rings. The number of benzene rings is 2. The summed E-state index contributed by atoms with van der Waals surface area (Å²) in [7, 11) is 0. The van der Waals surface area contributed by atoms with Gasteiger partial charge in [-0.15, -0.1) is 0 Å². The van der Waals surface area contributed by atoms with Crippen molar-refractivity contribution in [1.29, 1.82) is 0 Å². The first-order valence-electron chi connectivity index (χ1n) is 6.95. The molecule has 0 heterocycles. The lowest BCUT2D eigenvalue weighted by atomic mass is 10.0. The molecule has 1 N–H and O–H groups in total. The van der Waals surface area contributed by atoms with E-state index in [4.69, 9.17) is 11.6 Å². The van der Waals surface area contributed by atoms with Gasteiger partial charge in [-0.05, 0) is 52.0 Å². The van der Waals surface area contributed by atoms with Crippen LogP contribution in [0.4, 0.5) is 5.69 Å². The number of nitrogens with one attached hydrogen (secondary N) is 1. The average molecular weight is 353 g/mol. The summed E-state index contributed by atoms with van der Waals surface area (Å²) in [6.07, 6.45) is 2.09. The Hall–Kier alpha value is -0.990. The Bertz CT molecular complexity index is 566. The number of hydrogen-bond acceptors (Lipinski definition) is 1. The van der Waals surface area contributed by atoms with Crippen LogP contribution in [0.25, 0.3) is 0 Å². The maximum absolute atomic E-state index is 6.14. The van der Waals surface area contributed by atoms with E-state index in [1.807, 2.05) is 18.2 Å². The molecule has 1 nitrogen and oxygen atoms in total. The summed E-state index contributed by atoms with van der Waals surface area (Å²) in [4.78, 5) is 0. The molecule has 2 rings (SSSR count). The lowest BCUT2D eigenvalue weighted by Gasteiger charge is -2.20. The van der Waals surface area contributed by atoms with Crippen LogP contribution >= 0.6 is 27.5 Å². The summed E-state index contributed by atoms with van der Waals surface area (Å²) in [6.45, 7) is 4.36. The van der Waals surface area contributed by atoms with E-state index in [1.165, 1.54) is 11.1 Å². The van der Waals surface area contributed by atoms with Gasteiger partial charge in [-0.1, -0.05) is 55.8 Å². The van der Waals surface area contributed by atoms with Gasteiger partial charge >= 0.3 is 0 Å². The highest BCUT2D eigenvalue weighted by Crippen LogP contribution is 2.33. The molecule has 0 saturated carbocycles. The second kappa shape index (κ2) is 7.14. The number of hydrogen-bond donors (Lipinski definition) is 1. The minimum atomic E-state index is 0.288. The van der Waals surface area contributed by atoms with Crippen LogP contribution in [0.15, 0.2) is 46.9 Å². The smallest absolute Gasteiger partial charge is 0.0593 e. The van der Waals surface area contributed by atoms with Crippen LogP contribution < -0.4 is 5.32 Å². The second-order valence-corrected chi connectivity index (χ2v) is 6.00. The molecular weight excluding hydrogens is 334 g/mol. The van der Waals surface area contributed by atoms with Crippen molar-refractivity contribution < 1.29 is 0 Å². The number of aryl methyl sites for hydroxylation is 1. The molecule has 2 aromatic rings. The van der Waals surface area contributed by atoms with Crippen molar-refractivity contribution in [2.75, 3.05) is 5.32 Å². The van der Waals surface area contributed by atoms with E-state index >= 15 is 0 Å². The van der Waals surface area contributed by atoms with Crippen molar-refractivity contribution in [2.45, 2.75) is 32.7 Å². The van der Waals surface area contributed by atoms with Gasteiger partial charge in [0.1, 0.15) is 0 Å². The highest BCUT2D eigenvalue weighted by molar-refractivity contribution is 9.10. The summed E-state index contributed by atoms with van der Waals surface area (Å²) in [5.41, 5.74) is 3.70. The highest BCUT2D eigenvalue weighted by Gasteiger charge is 2.11. The van der Waals surface area contributed by atoms with Crippen LogP contribution in [0.3, 0.4) is 0 Å². The Morgan fingerprint density at radius 2 is 1.80 bits per heavy atom. The zero-order chi connectivity index (χ0) is 14.5. The van der Waals surface area contributed by atoms with Gasteiger partial charge in [0.25, 0.3) is 0 Å². The van der Waals surface area contributed by atoms with Gasteiger partial charge in [0.2, 0.25) is 0 Å². The molecule has 0 aliphatic carbocycles. The average Bonchev–Trinajstić information content (AvgIpc) is 2.49. The van der Waals surface area contributed by atoms with Gasteiger partial charge in [-0.3, -0.25) is 0 Å². The molecule has 20 heavy (non-hydrogen) atoms. The maximum Gasteiger partial charge on any atom is 0.0593 e. The summed E-state index contributed by atoms with van der Waals surface area (Å²) in [5, 5.41) is 4.29. The Labute approximate surface area is 134 Å². The van der Waals surface area contributed by atoms with E-state index < -0.39 is 0 Å². The van der Waals surface area contributed by atoms with Crippen molar-refractivity contribution in [3.8, 4) is 0 Å². The molecule has 0 radical (unpaired) electrons. The second-order valence-electron chi connectivity index (χ2n) is 4.80. The molecule has 1 atom stereocenters. The number of anilines is 1. The Morgan fingerprint density at radius 3 is 2.40 bits per heavy atom. The van der Waals surface area contributed by atoms with Gasteiger partial charge in [0, 0.05) is 0 Å². The van der Waals surface area contributed by atoms with Crippen molar-refractivity contribution >= 4 is 33.2 Å². The van der Waals surface area contributed by atoms with E-state index in [2.05, 4.69) is 59.4 Å². The zero-order valence-electron chi connectivity index (χ0n) is 11.8. The molecule has 0 aliphatic heterocycles. The van der Waals surface area contributed by atoms with Crippen LogP contribution in [-0.2, 0) is 6.42 Å². The summed E-state index contributed by atoms with van der Waals surface area (Å²) >= 11 is 9.68. The predicted octanol–water partition coefficient (Wildman–Crippen LogP) is 6.23. The third-order valence-corrected chi connectivity index (χ3v) is 4.88. The minimum Gasteiger partial charge on any atom is -0.377 e. The normalized spacial score (nSPS) is 12.2. The van der Waals surface area contributed by atoms with E-state index in [9.17, 15) is 0 Å². The molecule has 0 bridgehead atoms. The molecule has 0 saturated heterocycles. The first-order chi connectivity index (χ1) is 9.65. The fourth-order valence-electron chi connectivity index (χ4n) is 2.21. The van der Waals surface area contributed by atoms with Crippen molar-refractivity contribution in [1.82, 2.24) is 0 Å². The van der Waals surface area contributed by atoms with E-state index in [-0.39, 0.29) is 6.04 Å². The fraction of sp³-hybridized carbons (Fsp3) is 0.294. The fourth-order valence-corrected chi connectivity index (χ4v) is 2.76. The molecule has 2 aromatic carbocycles. The van der Waals surface area contributed by atoms with Crippen molar-refractivity contribution in [3.63, 3.8) is 0 Å². The Balaban J connectivity index is 2.21. The largest absolute Gasteiger partial charge is 0.377 e. The number of halogens is 2. The van der Waals surface area contributed by atoms with Crippen LogP contribution in [0.2, 0.25) is 5.02 Å². The van der Waals surface area contributed by atoms with Crippen molar-refractivity contribution in [3.05, 3.63) is 63.1 Å². The minimum absolute atomic E-state index is 0.288. The predicted molar refractivity (Wildman–Crippen MR) is 91.6 cm³/mol. The first kappa shape index (κ1) is 15.4. The zero-order valence-corrected chi connectivity index (χ0v) is 14.1. The van der Waals surface area contributed by atoms with Crippen molar-refractivity contribution in [2.24, 2.45) is 0 Å². The monoisotopic (exact) mass is 351 g/mol. The molecule has 1 unspecified atom stereocenters. The van der Waals surface area contributed by atoms with E-state index in [0.29, 0.717) is 0 Å². The molecule has 106 valence electrons. The van der Waals surface area contributed by atoms with Crippen LogP contribution in [0.5, 0.6) is 0 Å². The highest BCUT2D eigenvalue weighted by atomic mass is 79.9. The van der Waals surface area contributed by atoms with Crippen LogP contribution in [-0.4, -0.2) is 0 Å². The molecular formula is C17H19BrClN. The summed E-state index contributed by atoms with van der Waals surface area (Å²) in [6, 6.07) is 15.0. The lowest BCUT2D eigenvalue weighted by Crippen LogP contribution is -2.10. The molecule has 0 aromatic heterocycles. The lowest BCUT2D eigenvalue weighted by molar-refractivity contribution is 0.748. The molecule has 0 fully saturated rings. The Kier molecular flexibility index (Phi) is 5.50. The third-order valence-electron chi connectivity index (χ3n) is 3.48. The molecule has 3 heteroatoms. The quantitative estimate of drug-likeness (QED) is 0.672. The van der Waals surface area contributed by atoms with E-state index in [1.54, 1.807) is 0 Å². The van der Waals surface area contributed by atoms with Gasteiger partial charge in [-0.25, -0.2) is 0 Å².